The summed E-state index contributed by atoms with van der Waals surface area (Å²) in [7, 11) is 1.94. The van der Waals surface area contributed by atoms with Gasteiger partial charge in [-0.3, -0.25) is 10.1 Å². The van der Waals surface area contributed by atoms with Crippen LogP contribution in [-0.2, 0) is 7.05 Å². The van der Waals surface area contributed by atoms with Gasteiger partial charge in [0.2, 0.25) is 0 Å². The fraction of sp³-hybridized carbons (Fsp3) is 0.0625. The molecule has 108 valence electrons. The minimum absolute atomic E-state index is 0.0639. The third-order valence-corrected chi connectivity index (χ3v) is 3.49. The van der Waals surface area contributed by atoms with Crippen molar-refractivity contribution >= 4 is 28.0 Å². The Morgan fingerprint density at radius 3 is 2.77 bits per heavy atom. The molecule has 0 aliphatic heterocycles. The average Bonchev–Trinajstić information content (AvgIpc) is 2.88. The number of hydrogen-bond donors (Lipinski definition) is 1. The van der Waals surface area contributed by atoms with E-state index in [0.29, 0.717) is 11.3 Å². The number of anilines is 2. The summed E-state index contributed by atoms with van der Waals surface area (Å²) >= 11 is 0. The maximum atomic E-state index is 11.1. The molecule has 0 fully saturated rings. The number of aromatic nitrogens is 1. The largest absolute Gasteiger partial charge is 0.350 e. The summed E-state index contributed by atoms with van der Waals surface area (Å²) in [5.74, 6) is 0. The van der Waals surface area contributed by atoms with Crippen molar-refractivity contribution in [1.29, 1.82) is 5.26 Å². The number of nitrogens with one attached hydrogen (secondary N) is 1. The minimum atomic E-state index is -0.468. The van der Waals surface area contributed by atoms with E-state index >= 15 is 0 Å². The first-order valence-electron chi connectivity index (χ1n) is 6.59. The van der Waals surface area contributed by atoms with Crippen molar-refractivity contribution in [2.45, 2.75) is 0 Å². The topological polar surface area (TPSA) is 83.9 Å². The lowest BCUT2D eigenvalue weighted by Gasteiger charge is -2.08. The molecule has 0 saturated carbocycles. The molecule has 0 aliphatic carbocycles. The smallest absolute Gasteiger partial charge is 0.292 e. The van der Waals surface area contributed by atoms with Gasteiger partial charge in [-0.25, -0.2) is 0 Å². The molecule has 3 aromatic rings. The summed E-state index contributed by atoms with van der Waals surface area (Å²) in [6.45, 7) is 0. The SMILES string of the molecule is Cn1ccc2ccc(Nc3cc(C#N)ccc3[N+](=O)[O-])cc21. The van der Waals surface area contributed by atoms with Gasteiger partial charge in [-0.15, -0.1) is 0 Å². The Bertz CT molecular complexity index is 922. The van der Waals surface area contributed by atoms with Crippen LogP contribution in [0.5, 0.6) is 0 Å². The van der Waals surface area contributed by atoms with Gasteiger partial charge in [0.05, 0.1) is 16.6 Å². The van der Waals surface area contributed by atoms with E-state index < -0.39 is 4.92 Å². The van der Waals surface area contributed by atoms with Crippen molar-refractivity contribution in [3.63, 3.8) is 0 Å². The number of nitro benzene ring substituents is 1. The first-order chi connectivity index (χ1) is 10.6. The Labute approximate surface area is 126 Å². The van der Waals surface area contributed by atoms with Gasteiger partial charge in [-0.1, -0.05) is 6.07 Å². The first kappa shape index (κ1) is 13.6. The summed E-state index contributed by atoms with van der Waals surface area (Å²) in [5.41, 5.74) is 2.35. The van der Waals surface area contributed by atoms with E-state index in [-0.39, 0.29) is 5.69 Å². The Morgan fingerprint density at radius 2 is 2.05 bits per heavy atom. The molecule has 0 atom stereocenters. The molecule has 0 saturated heterocycles. The van der Waals surface area contributed by atoms with Crippen LogP contribution in [0.3, 0.4) is 0 Å². The molecule has 22 heavy (non-hydrogen) atoms. The molecule has 0 spiro atoms. The van der Waals surface area contributed by atoms with Gasteiger partial charge < -0.3 is 9.88 Å². The van der Waals surface area contributed by atoms with Crippen LogP contribution in [0.1, 0.15) is 5.56 Å². The normalized spacial score (nSPS) is 10.4. The van der Waals surface area contributed by atoms with Crippen molar-refractivity contribution < 1.29 is 4.92 Å². The zero-order valence-corrected chi connectivity index (χ0v) is 11.8. The number of hydrogen-bond acceptors (Lipinski definition) is 4. The van der Waals surface area contributed by atoms with Crippen LogP contribution >= 0.6 is 0 Å². The van der Waals surface area contributed by atoms with Crippen LogP contribution in [0.15, 0.2) is 48.7 Å². The highest BCUT2D eigenvalue weighted by atomic mass is 16.6. The molecular weight excluding hydrogens is 280 g/mol. The molecule has 0 aliphatic rings. The molecule has 0 bridgehead atoms. The molecule has 0 radical (unpaired) electrons. The highest BCUT2D eigenvalue weighted by Gasteiger charge is 2.14. The summed E-state index contributed by atoms with van der Waals surface area (Å²) < 4.78 is 1.97. The van der Waals surface area contributed by atoms with Crippen LogP contribution in [0, 0.1) is 21.4 Å². The molecule has 6 nitrogen and oxygen atoms in total. The number of benzene rings is 2. The molecule has 0 unspecified atom stereocenters. The Balaban J connectivity index is 2.05. The number of rotatable bonds is 3. The van der Waals surface area contributed by atoms with Gasteiger partial charge in [-0.2, -0.15) is 5.26 Å². The fourth-order valence-corrected chi connectivity index (χ4v) is 2.36. The van der Waals surface area contributed by atoms with Crippen molar-refractivity contribution in [2.24, 2.45) is 7.05 Å². The summed E-state index contributed by atoms with van der Waals surface area (Å²) in [6, 6.07) is 13.9. The molecule has 2 aromatic carbocycles. The van der Waals surface area contributed by atoms with Gasteiger partial charge in [0.1, 0.15) is 5.69 Å². The van der Waals surface area contributed by atoms with Gasteiger partial charge in [0, 0.05) is 30.5 Å². The van der Waals surface area contributed by atoms with Gasteiger partial charge in [0.25, 0.3) is 5.69 Å². The molecule has 1 heterocycles. The highest BCUT2D eigenvalue weighted by Crippen LogP contribution is 2.30. The Morgan fingerprint density at radius 1 is 1.23 bits per heavy atom. The monoisotopic (exact) mass is 292 g/mol. The molecular formula is C16H12N4O2. The Hall–Kier alpha value is -3.33. The molecule has 3 rings (SSSR count). The first-order valence-corrected chi connectivity index (χ1v) is 6.59. The number of nitriles is 1. The maximum absolute atomic E-state index is 11.1. The summed E-state index contributed by atoms with van der Waals surface area (Å²) in [5, 5.41) is 24.2. The lowest BCUT2D eigenvalue weighted by Crippen LogP contribution is -1.98. The van der Waals surface area contributed by atoms with Crippen LogP contribution in [0.4, 0.5) is 17.1 Å². The number of aryl methyl sites for hydroxylation is 1. The van der Waals surface area contributed by atoms with Crippen molar-refractivity contribution in [1.82, 2.24) is 4.57 Å². The standard InChI is InChI=1S/C16H12N4O2/c1-19-7-6-12-3-4-13(9-16(12)19)18-14-8-11(10-17)2-5-15(14)20(21)22/h2-9,18H,1H3. The van der Waals surface area contributed by atoms with E-state index in [4.69, 9.17) is 5.26 Å². The van der Waals surface area contributed by atoms with E-state index in [0.717, 1.165) is 16.6 Å². The third-order valence-electron chi connectivity index (χ3n) is 3.49. The van der Waals surface area contributed by atoms with Crippen molar-refractivity contribution in [2.75, 3.05) is 5.32 Å². The lowest BCUT2D eigenvalue weighted by atomic mass is 10.1. The highest BCUT2D eigenvalue weighted by molar-refractivity contribution is 5.85. The quantitative estimate of drug-likeness (QED) is 0.589. The Kier molecular flexibility index (Phi) is 3.24. The lowest BCUT2D eigenvalue weighted by molar-refractivity contribution is -0.383. The third kappa shape index (κ3) is 2.36. The number of fused-ring (bicyclic) bond motifs is 1. The van der Waals surface area contributed by atoms with Gasteiger partial charge in [-0.05, 0) is 35.7 Å². The predicted octanol–water partition coefficient (Wildman–Crippen LogP) is 3.70. The second kappa shape index (κ2) is 5.22. The summed E-state index contributed by atoms with van der Waals surface area (Å²) in [6.07, 6.45) is 1.95. The van der Waals surface area contributed by atoms with E-state index in [9.17, 15) is 10.1 Å². The van der Waals surface area contributed by atoms with E-state index in [1.807, 2.05) is 48.1 Å². The van der Waals surface area contributed by atoms with Crippen LogP contribution < -0.4 is 5.32 Å². The number of nitro groups is 1. The molecule has 1 N–H and O–H groups in total. The fourth-order valence-electron chi connectivity index (χ4n) is 2.36. The van der Waals surface area contributed by atoms with Crippen LogP contribution in [0.2, 0.25) is 0 Å². The minimum Gasteiger partial charge on any atom is -0.350 e. The molecule has 1 aromatic heterocycles. The average molecular weight is 292 g/mol. The van der Waals surface area contributed by atoms with Crippen molar-refractivity contribution in [3.05, 3.63) is 64.3 Å². The maximum Gasteiger partial charge on any atom is 0.292 e. The number of nitrogens with zero attached hydrogens (tertiary/aromatic N) is 3. The molecule has 6 heteroatoms. The molecule has 0 amide bonds. The van der Waals surface area contributed by atoms with Crippen molar-refractivity contribution in [3.8, 4) is 6.07 Å². The van der Waals surface area contributed by atoms with Gasteiger partial charge >= 0.3 is 0 Å². The van der Waals surface area contributed by atoms with E-state index in [1.54, 1.807) is 0 Å². The predicted molar refractivity (Wildman–Crippen MR) is 84.0 cm³/mol. The zero-order chi connectivity index (χ0) is 15.7. The van der Waals surface area contributed by atoms with E-state index in [2.05, 4.69) is 5.32 Å². The summed E-state index contributed by atoms with van der Waals surface area (Å²) in [4.78, 5) is 10.6. The second-order valence-electron chi connectivity index (χ2n) is 4.93. The second-order valence-corrected chi connectivity index (χ2v) is 4.93. The van der Waals surface area contributed by atoms with E-state index in [1.165, 1.54) is 18.2 Å². The van der Waals surface area contributed by atoms with Crippen LogP contribution in [0.25, 0.3) is 10.9 Å². The van der Waals surface area contributed by atoms with Gasteiger partial charge in [0.15, 0.2) is 0 Å². The zero-order valence-electron chi connectivity index (χ0n) is 11.8. The van der Waals surface area contributed by atoms with Crippen LogP contribution in [-0.4, -0.2) is 9.49 Å².